The highest BCUT2D eigenvalue weighted by Gasteiger charge is 2.24. The Morgan fingerprint density at radius 3 is 2.38 bits per heavy atom. The molecule has 26 heavy (non-hydrogen) atoms. The molecule has 3 heterocycles. The number of anilines is 2. The highest BCUT2D eigenvalue weighted by Crippen LogP contribution is 2.36. The third-order valence-corrected chi connectivity index (χ3v) is 6.23. The predicted molar refractivity (Wildman–Crippen MR) is 109 cm³/mol. The summed E-state index contributed by atoms with van der Waals surface area (Å²) in [4.78, 5) is 16.7. The Morgan fingerprint density at radius 1 is 0.962 bits per heavy atom. The second kappa shape index (κ2) is 6.76. The third-order valence-electron chi connectivity index (χ3n) is 5.13. The maximum absolute atomic E-state index is 5.53. The molecule has 0 radical (unpaired) electrons. The molecular weight excluding hydrogens is 344 g/mol. The fourth-order valence-corrected chi connectivity index (χ4v) is 4.68. The first-order valence-electron chi connectivity index (χ1n) is 8.95. The zero-order valence-electron chi connectivity index (χ0n) is 15.7. The summed E-state index contributed by atoms with van der Waals surface area (Å²) in [6, 6.07) is 8.24. The van der Waals surface area contributed by atoms with Gasteiger partial charge in [0.25, 0.3) is 0 Å². The van der Waals surface area contributed by atoms with E-state index >= 15 is 0 Å². The van der Waals surface area contributed by atoms with E-state index in [0.29, 0.717) is 0 Å². The number of fused-ring (bicyclic) bond motifs is 1. The molecule has 0 unspecified atom stereocenters. The summed E-state index contributed by atoms with van der Waals surface area (Å²) in [6.45, 7) is 10.1. The van der Waals surface area contributed by atoms with Gasteiger partial charge in [-0.2, -0.15) is 0 Å². The topological polar surface area (TPSA) is 41.5 Å². The average molecular weight is 369 g/mol. The zero-order chi connectivity index (χ0) is 18.3. The summed E-state index contributed by atoms with van der Waals surface area (Å²) in [5.41, 5.74) is 2.48. The zero-order valence-corrected chi connectivity index (χ0v) is 16.6. The van der Waals surface area contributed by atoms with Crippen LogP contribution in [0.3, 0.4) is 0 Å². The standard InChI is InChI=1S/C20H24N4OS/c1-13-14(2)26-20-18(13)19(21-15(3)22-20)24-11-9-23(10-12-24)16-7-5-6-8-17(16)25-4/h5-8H,9-12H2,1-4H3. The smallest absolute Gasteiger partial charge is 0.142 e. The number of aryl methyl sites for hydroxylation is 3. The number of piperazine rings is 1. The van der Waals surface area contributed by atoms with E-state index in [1.165, 1.54) is 21.5 Å². The Bertz CT molecular complexity index is 944. The SMILES string of the molecule is COc1ccccc1N1CCN(c2nc(C)nc3sc(C)c(C)c23)CC1. The molecule has 3 aromatic rings. The summed E-state index contributed by atoms with van der Waals surface area (Å²) in [6.07, 6.45) is 0. The minimum atomic E-state index is 0.848. The molecule has 6 heteroatoms. The van der Waals surface area contributed by atoms with E-state index in [-0.39, 0.29) is 0 Å². The third kappa shape index (κ3) is 2.88. The molecule has 1 aliphatic rings. The number of para-hydroxylation sites is 2. The van der Waals surface area contributed by atoms with Crippen molar-refractivity contribution in [3.63, 3.8) is 0 Å². The molecule has 0 N–H and O–H groups in total. The lowest BCUT2D eigenvalue weighted by Crippen LogP contribution is -2.47. The van der Waals surface area contributed by atoms with Crippen LogP contribution >= 0.6 is 11.3 Å². The van der Waals surface area contributed by atoms with Gasteiger partial charge in [0, 0.05) is 31.1 Å². The second-order valence-corrected chi connectivity index (χ2v) is 7.91. The number of thiophene rings is 1. The summed E-state index contributed by atoms with van der Waals surface area (Å²) in [5.74, 6) is 2.88. The summed E-state index contributed by atoms with van der Waals surface area (Å²) in [5, 5.41) is 1.23. The van der Waals surface area contributed by atoms with Gasteiger partial charge in [0.15, 0.2) is 0 Å². The molecule has 1 saturated heterocycles. The first kappa shape index (κ1) is 17.1. The fourth-order valence-electron chi connectivity index (χ4n) is 3.61. The monoisotopic (exact) mass is 368 g/mol. The molecule has 5 nitrogen and oxygen atoms in total. The number of hydrogen-bond acceptors (Lipinski definition) is 6. The lowest BCUT2D eigenvalue weighted by Gasteiger charge is -2.37. The van der Waals surface area contributed by atoms with Gasteiger partial charge >= 0.3 is 0 Å². The van der Waals surface area contributed by atoms with Gasteiger partial charge in [-0.05, 0) is 38.5 Å². The number of aromatic nitrogens is 2. The van der Waals surface area contributed by atoms with Crippen LogP contribution in [0.15, 0.2) is 24.3 Å². The second-order valence-electron chi connectivity index (χ2n) is 6.70. The van der Waals surface area contributed by atoms with Crippen molar-refractivity contribution in [3.8, 4) is 5.75 Å². The van der Waals surface area contributed by atoms with Gasteiger partial charge in [0.1, 0.15) is 22.2 Å². The van der Waals surface area contributed by atoms with E-state index in [2.05, 4.69) is 40.8 Å². The molecule has 1 aliphatic heterocycles. The van der Waals surface area contributed by atoms with Crippen LogP contribution in [0.2, 0.25) is 0 Å². The summed E-state index contributed by atoms with van der Waals surface area (Å²) in [7, 11) is 1.73. The lowest BCUT2D eigenvalue weighted by atomic mass is 10.1. The van der Waals surface area contributed by atoms with Gasteiger partial charge in [0.05, 0.1) is 18.2 Å². The number of nitrogens with zero attached hydrogens (tertiary/aromatic N) is 4. The minimum absolute atomic E-state index is 0.848. The normalized spacial score (nSPS) is 14.9. The van der Waals surface area contributed by atoms with Gasteiger partial charge in [-0.1, -0.05) is 12.1 Å². The molecule has 0 saturated carbocycles. The van der Waals surface area contributed by atoms with Crippen molar-refractivity contribution in [3.05, 3.63) is 40.5 Å². The highest BCUT2D eigenvalue weighted by molar-refractivity contribution is 7.18. The number of hydrogen-bond donors (Lipinski definition) is 0. The molecule has 0 amide bonds. The van der Waals surface area contributed by atoms with Crippen molar-refractivity contribution in [2.75, 3.05) is 43.1 Å². The maximum Gasteiger partial charge on any atom is 0.142 e. The Hall–Kier alpha value is -2.34. The van der Waals surface area contributed by atoms with Gasteiger partial charge in [0.2, 0.25) is 0 Å². The molecular formula is C20H24N4OS. The van der Waals surface area contributed by atoms with E-state index in [1.54, 1.807) is 18.4 Å². The largest absolute Gasteiger partial charge is 0.495 e. The quantitative estimate of drug-likeness (QED) is 0.700. The molecule has 1 aromatic carbocycles. The molecule has 0 spiro atoms. The van der Waals surface area contributed by atoms with Crippen LogP contribution in [0.4, 0.5) is 11.5 Å². The Kier molecular flexibility index (Phi) is 4.44. The number of ether oxygens (including phenoxy) is 1. The van der Waals surface area contributed by atoms with E-state index in [9.17, 15) is 0 Å². The maximum atomic E-state index is 5.53. The molecule has 1 fully saturated rings. The van der Waals surface area contributed by atoms with E-state index in [1.807, 2.05) is 19.1 Å². The fraction of sp³-hybridized carbons (Fsp3) is 0.400. The molecule has 0 bridgehead atoms. The van der Waals surface area contributed by atoms with Gasteiger partial charge in [-0.3, -0.25) is 0 Å². The molecule has 0 atom stereocenters. The summed E-state index contributed by atoms with van der Waals surface area (Å²) >= 11 is 1.77. The first-order valence-corrected chi connectivity index (χ1v) is 9.77. The Labute approximate surface area is 158 Å². The van der Waals surface area contributed by atoms with Crippen molar-refractivity contribution >= 4 is 33.1 Å². The van der Waals surface area contributed by atoms with Crippen molar-refractivity contribution in [1.29, 1.82) is 0 Å². The highest BCUT2D eigenvalue weighted by atomic mass is 32.1. The number of methoxy groups -OCH3 is 1. The van der Waals surface area contributed by atoms with Gasteiger partial charge in [-0.15, -0.1) is 11.3 Å². The van der Waals surface area contributed by atoms with E-state index < -0.39 is 0 Å². The van der Waals surface area contributed by atoms with Crippen molar-refractivity contribution in [1.82, 2.24) is 9.97 Å². The minimum Gasteiger partial charge on any atom is -0.495 e. The first-order chi connectivity index (χ1) is 12.6. The van der Waals surface area contributed by atoms with Crippen LogP contribution in [0.1, 0.15) is 16.3 Å². The van der Waals surface area contributed by atoms with Crippen LogP contribution in [0.5, 0.6) is 5.75 Å². The number of rotatable bonds is 3. The molecule has 4 rings (SSSR count). The van der Waals surface area contributed by atoms with Gasteiger partial charge < -0.3 is 14.5 Å². The van der Waals surface area contributed by atoms with Crippen molar-refractivity contribution in [2.45, 2.75) is 20.8 Å². The van der Waals surface area contributed by atoms with Crippen molar-refractivity contribution < 1.29 is 4.74 Å². The van der Waals surface area contributed by atoms with Crippen LogP contribution in [-0.4, -0.2) is 43.3 Å². The van der Waals surface area contributed by atoms with Crippen LogP contribution in [-0.2, 0) is 0 Å². The molecule has 0 aliphatic carbocycles. The van der Waals surface area contributed by atoms with Crippen LogP contribution in [0.25, 0.3) is 10.2 Å². The summed E-state index contributed by atoms with van der Waals surface area (Å²) < 4.78 is 5.53. The predicted octanol–water partition coefficient (Wildman–Crippen LogP) is 3.95. The van der Waals surface area contributed by atoms with Crippen molar-refractivity contribution in [2.24, 2.45) is 0 Å². The van der Waals surface area contributed by atoms with Gasteiger partial charge in [-0.25, -0.2) is 9.97 Å². The van der Waals surface area contributed by atoms with Crippen LogP contribution < -0.4 is 14.5 Å². The number of benzene rings is 1. The average Bonchev–Trinajstić information content (AvgIpc) is 2.95. The van der Waals surface area contributed by atoms with E-state index in [0.717, 1.165) is 48.4 Å². The Morgan fingerprint density at radius 2 is 1.65 bits per heavy atom. The lowest BCUT2D eigenvalue weighted by molar-refractivity contribution is 0.413. The Balaban J connectivity index is 1.62. The molecule has 2 aromatic heterocycles. The van der Waals surface area contributed by atoms with Crippen LogP contribution in [0, 0.1) is 20.8 Å². The molecule has 136 valence electrons. The van der Waals surface area contributed by atoms with E-state index in [4.69, 9.17) is 9.72 Å².